The molecule has 1 N–H and O–H groups in total. The first kappa shape index (κ1) is 13.2. The zero-order chi connectivity index (χ0) is 12.0. The molecule has 0 radical (unpaired) electrons. The van der Waals surface area contributed by atoms with Gasteiger partial charge >= 0.3 is 0 Å². The van der Waals surface area contributed by atoms with Crippen LogP contribution in [0.25, 0.3) is 0 Å². The van der Waals surface area contributed by atoms with Crippen LogP contribution in [0.15, 0.2) is 12.5 Å². The number of rotatable bonds is 7. The van der Waals surface area contributed by atoms with E-state index in [1.807, 2.05) is 12.5 Å². The quantitative estimate of drug-likeness (QED) is 0.770. The number of nitrogens with one attached hydrogen (secondary N) is 1. The molecule has 0 aliphatic rings. The first-order valence-electron chi connectivity index (χ1n) is 6.29. The lowest BCUT2D eigenvalue weighted by Crippen LogP contribution is -2.29. The van der Waals surface area contributed by atoms with Crippen molar-refractivity contribution in [2.24, 2.45) is 5.41 Å². The Labute approximate surface area is 99.3 Å². The number of hydrogen-bond acceptors (Lipinski definition) is 2. The molecule has 0 atom stereocenters. The normalized spacial score (nSPS) is 12.0. The summed E-state index contributed by atoms with van der Waals surface area (Å²) in [5, 5.41) is 3.52. The van der Waals surface area contributed by atoms with Crippen LogP contribution in [0, 0.1) is 5.41 Å². The van der Waals surface area contributed by atoms with Crippen molar-refractivity contribution in [1.29, 1.82) is 0 Å². The molecule has 0 aliphatic carbocycles. The largest absolute Gasteiger partial charge is 0.333 e. The molecule has 1 aromatic heterocycles. The summed E-state index contributed by atoms with van der Waals surface area (Å²) in [5.74, 6) is 0. The Morgan fingerprint density at radius 1 is 1.38 bits per heavy atom. The Bertz CT molecular complexity index is 302. The van der Waals surface area contributed by atoms with E-state index in [9.17, 15) is 0 Å². The van der Waals surface area contributed by atoms with E-state index in [2.05, 4.69) is 42.6 Å². The summed E-state index contributed by atoms with van der Waals surface area (Å²) in [7, 11) is 0. The SMILES string of the molecule is CCCn1cncc1CNCC(C)(C)CC. The number of aryl methyl sites for hydroxylation is 1. The molecule has 0 saturated carbocycles. The van der Waals surface area contributed by atoms with Crippen molar-refractivity contribution in [2.45, 2.75) is 53.6 Å². The summed E-state index contributed by atoms with van der Waals surface area (Å²) in [6.45, 7) is 12.1. The van der Waals surface area contributed by atoms with Gasteiger partial charge in [-0.3, -0.25) is 0 Å². The van der Waals surface area contributed by atoms with E-state index in [4.69, 9.17) is 0 Å². The van der Waals surface area contributed by atoms with Crippen LogP contribution in [-0.2, 0) is 13.1 Å². The number of hydrogen-bond donors (Lipinski definition) is 1. The fourth-order valence-corrected chi connectivity index (χ4v) is 1.59. The lowest BCUT2D eigenvalue weighted by atomic mass is 9.90. The van der Waals surface area contributed by atoms with Gasteiger partial charge < -0.3 is 9.88 Å². The fraction of sp³-hybridized carbons (Fsp3) is 0.769. The first-order chi connectivity index (χ1) is 7.59. The molecule has 0 aliphatic heterocycles. The Kier molecular flexibility index (Phi) is 5.00. The molecule has 0 saturated heterocycles. The van der Waals surface area contributed by atoms with Crippen molar-refractivity contribution in [1.82, 2.24) is 14.9 Å². The van der Waals surface area contributed by atoms with Crippen molar-refractivity contribution in [2.75, 3.05) is 6.54 Å². The van der Waals surface area contributed by atoms with Gasteiger partial charge in [-0.2, -0.15) is 0 Å². The van der Waals surface area contributed by atoms with Gasteiger partial charge in [0.05, 0.1) is 12.0 Å². The highest BCUT2D eigenvalue weighted by Crippen LogP contribution is 2.17. The Hall–Kier alpha value is -0.830. The van der Waals surface area contributed by atoms with Crippen molar-refractivity contribution in [3.8, 4) is 0 Å². The summed E-state index contributed by atoms with van der Waals surface area (Å²) in [6, 6.07) is 0. The molecule has 1 heterocycles. The topological polar surface area (TPSA) is 29.9 Å². The summed E-state index contributed by atoms with van der Waals surface area (Å²) < 4.78 is 2.23. The van der Waals surface area contributed by atoms with E-state index in [1.54, 1.807) is 0 Å². The van der Waals surface area contributed by atoms with Gasteiger partial charge in [0.2, 0.25) is 0 Å². The van der Waals surface area contributed by atoms with Crippen molar-refractivity contribution >= 4 is 0 Å². The van der Waals surface area contributed by atoms with Crippen molar-refractivity contribution < 1.29 is 0 Å². The third kappa shape index (κ3) is 3.97. The summed E-state index contributed by atoms with van der Waals surface area (Å²) >= 11 is 0. The molecule has 92 valence electrons. The molecule has 3 nitrogen and oxygen atoms in total. The molecule has 16 heavy (non-hydrogen) atoms. The van der Waals surface area contributed by atoms with E-state index in [-0.39, 0.29) is 0 Å². The average Bonchev–Trinajstić information content (AvgIpc) is 2.66. The predicted molar refractivity (Wildman–Crippen MR) is 68.3 cm³/mol. The van der Waals surface area contributed by atoms with Crippen LogP contribution in [-0.4, -0.2) is 16.1 Å². The maximum atomic E-state index is 4.20. The van der Waals surface area contributed by atoms with Crippen LogP contribution >= 0.6 is 0 Å². The number of nitrogens with zero attached hydrogens (tertiary/aromatic N) is 2. The molecular weight excluding hydrogens is 198 g/mol. The standard InChI is InChI=1S/C13H25N3/c1-5-7-16-11-15-9-12(16)8-14-10-13(3,4)6-2/h9,11,14H,5-8,10H2,1-4H3. The van der Waals surface area contributed by atoms with Crippen LogP contribution < -0.4 is 5.32 Å². The molecule has 0 amide bonds. The van der Waals surface area contributed by atoms with E-state index < -0.39 is 0 Å². The monoisotopic (exact) mass is 223 g/mol. The lowest BCUT2D eigenvalue weighted by Gasteiger charge is -2.23. The second kappa shape index (κ2) is 6.04. The summed E-state index contributed by atoms with van der Waals surface area (Å²) in [6.07, 6.45) is 6.24. The van der Waals surface area contributed by atoms with E-state index >= 15 is 0 Å². The molecule has 3 heteroatoms. The van der Waals surface area contributed by atoms with Gasteiger partial charge in [0.1, 0.15) is 0 Å². The van der Waals surface area contributed by atoms with Gasteiger partial charge in [0.25, 0.3) is 0 Å². The minimum absolute atomic E-state index is 0.385. The van der Waals surface area contributed by atoms with Gasteiger partial charge in [-0.1, -0.05) is 27.7 Å². The first-order valence-corrected chi connectivity index (χ1v) is 6.29. The van der Waals surface area contributed by atoms with Crippen LogP contribution in [0.2, 0.25) is 0 Å². The van der Waals surface area contributed by atoms with E-state index in [0.717, 1.165) is 26.1 Å². The molecule has 0 unspecified atom stereocenters. The van der Waals surface area contributed by atoms with E-state index in [0.29, 0.717) is 5.41 Å². The average molecular weight is 223 g/mol. The molecule has 0 spiro atoms. The van der Waals surface area contributed by atoms with Crippen LogP contribution in [0.3, 0.4) is 0 Å². The molecule has 0 fully saturated rings. The predicted octanol–water partition coefficient (Wildman–Crippen LogP) is 2.82. The zero-order valence-corrected chi connectivity index (χ0v) is 11.1. The minimum atomic E-state index is 0.385. The molecule has 1 rings (SSSR count). The van der Waals surface area contributed by atoms with Gasteiger partial charge in [0, 0.05) is 25.8 Å². The zero-order valence-electron chi connectivity index (χ0n) is 11.1. The Morgan fingerprint density at radius 3 is 2.75 bits per heavy atom. The molecular formula is C13H25N3. The van der Waals surface area contributed by atoms with E-state index in [1.165, 1.54) is 12.1 Å². The number of imidazole rings is 1. The third-order valence-corrected chi connectivity index (χ3v) is 3.13. The second-order valence-corrected chi connectivity index (χ2v) is 5.20. The van der Waals surface area contributed by atoms with Gasteiger partial charge in [-0.15, -0.1) is 0 Å². The fourth-order valence-electron chi connectivity index (χ4n) is 1.59. The van der Waals surface area contributed by atoms with Crippen LogP contribution in [0.4, 0.5) is 0 Å². The van der Waals surface area contributed by atoms with Crippen LogP contribution in [0.5, 0.6) is 0 Å². The van der Waals surface area contributed by atoms with Crippen molar-refractivity contribution in [3.05, 3.63) is 18.2 Å². The molecule has 1 aromatic rings. The highest BCUT2D eigenvalue weighted by Gasteiger charge is 2.14. The van der Waals surface area contributed by atoms with Gasteiger partial charge in [-0.25, -0.2) is 4.98 Å². The highest BCUT2D eigenvalue weighted by atomic mass is 15.1. The van der Waals surface area contributed by atoms with Gasteiger partial charge in [0.15, 0.2) is 0 Å². The minimum Gasteiger partial charge on any atom is -0.333 e. The third-order valence-electron chi connectivity index (χ3n) is 3.13. The molecule has 0 bridgehead atoms. The lowest BCUT2D eigenvalue weighted by molar-refractivity contribution is 0.326. The van der Waals surface area contributed by atoms with Crippen molar-refractivity contribution in [3.63, 3.8) is 0 Å². The smallest absolute Gasteiger partial charge is 0.0948 e. The Balaban J connectivity index is 2.39. The maximum absolute atomic E-state index is 4.20. The second-order valence-electron chi connectivity index (χ2n) is 5.20. The summed E-state index contributed by atoms with van der Waals surface area (Å²) in [4.78, 5) is 4.20. The summed E-state index contributed by atoms with van der Waals surface area (Å²) in [5.41, 5.74) is 1.67. The van der Waals surface area contributed by atoms with Crippen LogP contribution in [0.1, 0.15) is 46.2 Å². The Morgan fingerprint density at radius 2 is 2.12 bits per heavy atom. The number of aromatic nitrogens is 2. The molecule has 0 aromatic carbocycles. The maximum Gasteiger partial charge on any atom is 0.0948 e. The highest BCUT2D eigenvalue weighted by molar-refractivity contribution is 4.98. The van der Waals surface area contributed by atoms with Gasteiger partial charge in [-0.05, 0) is 18.3 Å².